The summed E-state index contributed by atoms with van der Waals surface area (Å²) in [5.74, 6) is 1.08. The van der Waals surface area contributed by atoms with Crippen molar-refractivity contribution in [2.45, 2.75) is 32.2 Å². The van der Waals surface area contributed by atoms with E-state index >= 15 is 0 Å². The van der Waals surface area contributed by atoms with Crippen LogP contribution in [0, 0.1) is 0 Å². The van der Waals surface area contributed by atoms with Crippen LogP contribution >= 0.6 is 12.6 Å². The number of aromatic nitrogens is 2. The van der Waals surface area contributed by atoms with E-state index in [1.807, 2.05) is 0 Å². The number of nitrogens with zero attached hydrogens (tertiary/aromatic N) is 1. The Kier molecular flexibility index (Phi) is 5.14. The van der Waals surface area contributed by atoms with Crippen molar-refractivity contribution in [3.63, 3.8) is 0 Å². The molecule has 0 saturated carbocycles. The zero-order valence-corrected chi connectivity index (χ0v) is 11.0. The highest BCUT2D eigenvalue weighted by atomic mass is 32.1. The van der Waals surface area contributed by atoms with Crippen molar-refractivity contribution < 1.29 is 9.53 Å². The predicted molar refractivity (Wildman–Crippen MR) is 69.2 cm³/mol. The third-order valence-electron chi connectivity index (χ3n) is 2.10. The van der Waals surface area contributed by atoms with E-state index < -0.39 is 11.6 Å². The first-order valence-corrected chi connectivity index (χ1v) is 5.97. The third-order valence-corrected chi connectivity index (χ3v) is 2.36. The molecule has 0 saturated heterocycles. The van der Waals surface area contributed by atoms with Gasteiger partial charge in [0.15, 0.2) is 0 Å². The van der Waals surface area contributed by atoms with Gasteiger partial charge in [0.2, 0.25) is 0 Å². The van der Waals surface area contributed by atoms with Gasteiger partial charge in [-0.1, -0.05) is 13.8 Å². The standard InChI is InChI=1S/C10H18N4O2S/c1-4-16-10(15)13-9(17)12-8-7(6(2)3)5-11-14-8/h5-6,9,17H,4H2,1-3H3,(H,13,15)(H2,11,12,14). The number of nitrogens with one attached hydrogen (secondary N) is 3. The molecule has 0 aliphatic carbocycles. The predicted octanol–water partition coefficient (Wildman–Crippen LogP) is 1.90. The first-order chi connectivity index (χ1) is 8.04. The second-order valence-electron chi connectivity index (χ2n) is 3.77. The molecule has 1 amide bonds. The highest BCUT2D eigenvalue weighted by Crippen LogP contribution is 2.21. The number of carbonyl (C=O) groups excluding carboxylic acids is 1. The highest BCUT2D eigenvalue weighted by Gasteiger charge is 2.13. The molecule has 1 rings (SSSR count). The summed E-state index contributed by atoms with van der Waals surface area (Å²) in [6.45, 7) is 6.19. The van der Waals surface area contributed by atoms with Gasteiger partial charge < -0.3 is 10.1 Å². The number of amides is 1. The number of anilines is 1. The summed E-state index contributed by atoms with van der Waals surface area (Å²) in [6.07, 6.45) is 1.24. The molecule has 1 unspecified atom stereocenters. The van der Waals surface area contributed by atoms with Crippen molar-refractivity contribution in [3.05, 3.63) is 11.8 Å². The van der Waals surface area contributed by atoms with Crippen LogP contribution in [-0.4, -0.2) is 28.4 Å². The maximum atomic E-state index is 11.2. The fourth-order valence-electron chi connectivity index (χ4n) is 1.31. The number of carbonyl (C=O) groups is 1. The van der Waals surface area contributed by atoms with Crippen molar-refractivity contribution in [1.29, 1.82) is 0 Å². The number of rotatable bonds is 5. The summed E-state index contributed by atoms with van der Waals surface area (Å²) in [6, 6.07) is 0. The van der Waals surface area contributed by atoms with Crippen LogP contribution in [0.15, 0.2) is 6.20 Å². The number of hydrogen-bond donors (Lipinski definition) is 4. The Bertz CT molecular complexity index is 367. The second kappa shape index (κ2) is 6.39. The Morgan fingerprint density at radius 1 is 1.65 bits per heavy atom. The summed E-state index contributed by atoms with van der Waals surface area (Å²) < 4.78 is 4.74. The van der Waals surface area contributed by atoms with Crippen LogP contribution in [-0.2, 0) is 4.74 Å². The van der Waals surface area contributed by atoms with Crippen molar-refractivity contribution in [2.24, 2.45) is 0 Å². The molecule has 96 valence electrons. The second-order valence-corrected chi connectivity index (χ2v) is 4.28. The summed E-state index contributed by atoms with van der Waals surface area (Å²) >= 11 is 4.19. The van der Waals surface area contributed by atoms with E-state index in [9.17, 15) is 4.79 Å². The summed E-state index contributed by atoms with van der Waals surface area (Å²) in [4.78, 5) is 11.2. The molecular weight excluding hydrogens is 240 g/mol. The molecule has 17 heavy (non-hydrogen) atoms. The van der Waals surface area contributed by atoms with Gasteiger partial charge in [0, 0.05) is 5.56 Å². The molecule has 0 aliphatic heterocycles. The van der Waals surface area contributed by atoms with Gasteiger partial charge in [-0.25, -0.2) is 4.79 Å². The fraction of sp³-hybridized carbons (Fsp3) is 0.600. The molecule has 7 heteroatoms. The molecule has 0 radical (unpaired) electrons. The first kappa shape index (κ1) is 13.7. The normalized spacial score (nSPS) is 12.3. The molecular formula is C10H18N4O2S. The molecule has 6 nitrogen and oxygen atoms in total. The van der Waals surface area contributed by atoms with Crippen molar-refractivity contribution in [2.75, 3.05) is 11.9 Å². The van der Waals surface area contributed by atoms with Gasteiger partial charge in [0.25, 0.3) is 0 Å². The first-order valence-electron chi connectivity index (χ1n) is 5.45. The van der Waals surface area contributed by atoms with Crippen molar-refractivity contribution >= 4 is 24.5 Å². The van der Waals surface area contributed by atoms with Gasteiger partial charge in [0.1, 0.15) is 11.3 Å². The van der Waals surface area contributed by atoms with Crippen molar-refractivity contribution in [3.8, 4) is 0 Å². The SMILES string of the molecule is CCOC(=O)NC(S)Nc1[nH]ncc1C(C)C. The molecule has 1 aromatic heterocycles. The Morgan fingerprint density at radius 2 is 2.35 bits per heavy atom. The van der Waals surface area contributed by atoms with Gasteiger partial charge in [-0.2, -0.15) is 5.10 Å². The minimum atomic E-state index is -0.535. The lowest BCUT2D eigenvalue weighted by atomic mass is 10.1. The molecule has 0 spiro atoms. The van der Waals surface area contributed by atoms with Crippen LogP contribution in [0.1, 0.15) is 32.3 Å². The summed E-state index contributed by atoms with van der Waals surface area (Å²) in [5.41, 5.74) is 0.502. The molecule has 0 fully saturated rings. The Labute approximate surface area is 106 Å². The molecule has 1 heterocycles. The van der Waals surface area contributed by atoms with Crippen LogP contribution in [0.4, 0.5) is 10.6 Å². The minimum Gasteiger partial charge on any atom is -0.450 e. The minimum absolute atomic E-state index is 0.327. The average molecular weight is 258 g/mol. The van der Waals surface area contributed by atoms with E-state index in [1.165, 1.54) is 0 Å². The van der Waals surface area contributed by atoms with E-state index in [0.29, 0.717) is 12.5 Å². The van der Waals surface area contributed by atoms with Gasteiger partial charge in [-0.3, -0.25) is 10.4 Å². The van der Waals surface area contributed by atoms with Gasteiger partial charge in [-0.15, -0.1) is 12.6 Å². The van der Waals surface area contributed by atoms with Crippen LogP contribution in [0.5, 0.6) is 0 Å². The van der Waals surface area contributed by atoms with Crippen LogP contribution < -0.4 is 10.6 Å². The molecule has 1 atom stereocenters. The van der Waals surface area contributed by atoms with E-state index in [4.69, 9.17) is 4.74 Å². The van der Waals surface area contributed by atoms with E-state index in [1.54, 1.807) is 13.1 Å². The maximum absolute atomic E-state index is 11.2. The number of alkyl carbamates (subject to hydrolysis) is 1. The summed E-state index contributed by atoms with van der Waals surface area (Å²) in [5, 5.41) is 12.3. The van der Waals surface area contributed by atoms with E-state index in [-0.39, 0.29) is 0 Å². The van der Waals surface area contributed by atoms with Crippen LogP contribution in [0.3, 0.4) is 0 Å². The van der Waals surface area contributed by atoms with Crippen LogP contribution in [0.2, 0.25) is 0 Å². The lowest BCUT2D eigenvalue weighted by molar-refractivity contribution is 0.152. The molecule has 0 aliphatic rings. The third kappa shape index (κ3) is 4.18. The molecule has 3 N–H and O–H groups in total. The zero-order chi connectivity index (χ0) is 12.8. The molecule has 0 aromatic carbocycles. The van der Waals surface area contributed by atoms with E-state index in [2.05, 4.69) is 47.3 Å². The quantitative estimate of drug-likeness (QED) is 0.480. The Balaban J connectivity index is 2.53. The van der Waals surface area contributed by atoms with Crippen molar-refractivity contribution in [1.82, 2.24) is 15.5 Å². The molecule has 1 aromatic rings. The number of H-pyrrole nitrogens is 1. The number of aromatic amines is 1. The maximum Gasteiger partial charge on any atom is 0.409 e. The largest absolute Gasteiger partial charge is 0.450 e. The van der Waals surface area contributed by atoms with Crippen LogP contribution in [0.25, 0.3) is 0 Å². The highest BCUT2D eigenvalue weighted by molar-refractivity contribution is 7.81. The topological polar surface area (TPSA) is 79.0 Å². The van der Waals surface area contributed by atoms with E-state index in [0.717, 1.165) is 11.4 Å². The van der Waals surface area contributed by atoms with Gasteiger partial charge in [0.05, 0.1) is 12.8 Å². The lowest BCUT2D eigenvalue weighted by Crippen LogP contribution is -2.37. The Morgan fingerprint density at radius 3 is 2.94 bits per heavy atom. The Hall–Kier alpha value is -1.37. The zero-order valence-electron chi connectivity index (χ0n) is 10.2. The number of hydrogen-bond acceptors (Lipinski definition) is 5. The van der Waals surface area contributed by atoms with Gasteiger partial charge >= 0.3 is 6.09 Å². The fourth-order valence-corrected chi connectivity index (χ4v) is 1.54. The summed E-state index contributed by atoms with van der Waals surface area (Å²) in [7, 11) is 0. The lowest BCUT2D eigenvalue weighted by Gasteiger charge is -2.16. The number of ether oxygens (including phenoxy) is 1. The number of thiol groups is 1. The molecule has 0 bridgehead atoms. The smallest absolute Gasteiger partial charge is 0.409 e. The monoisotopic (exact) mass is 258 g/mol. The van der Waals surface area contributed by atoms with Gasteiger partial charge in [-0.05, 0) is 12.8 Å². The average Bonchev–Trinajstić information content (AvgIpc) is 2.65.